The van der Waals surface area contributed by atoms with Gasteiger partial charge in [-0.15, -0.1) is 0 Å². The van der Waals surface area contributed by atoms with E-state index in [0.717, 1.165) is 6.42 Å². The van der Waals surface area contributed by atoms with Crippen molar-refractivity contribution in [3.05, 3.63) is 0 Å². The maximum atomic E-state index is 11.2. The molecule has 90 valence electrons. The summed E-state index contributed by atoms with van der Waals surface area (Å²) in [5.41, 5.74) is -0.448. The second-order valence-corrected chi connectivity index (χ2v) is 4.66. The number of amides is 1. The van der Waals surface area contributed by atoms with E-state index in [9.17, 15) is 4.79 Å². The molecule has 15 heavy (non-hydrogen) atoms. The van der Waals surface area contributed by atoms with Gasteiger partial charge in [0.15, 0.2) is 0 Å². The van der Waals surface area contributed by atoms with E-state index < -0.39 is 5.60 Å². The van der Waals surface area contributed by atoms with Crippen LogP contribution in [0.2, 0.25) is 0 Å². The van der Waals surface area contributed by atoms with Gasteiger partial charge in [-0.1, -0.05) is 6.92 Å². The Hall–Kier alpha value is -0.810. The summed E-state index contributed by atoms with van der Waals surface area (Å²) in [5, 5.41) is 2.67. The van der Waals surface area contributed by atoms with Gasteiger partial charge in [0.1, 0.15) is 5.60 Å². The zero-order valence-electron chi connectivity index (χ0n) is 10.0. The fourth-order valence-electron chi connectivity index (χ4n) is 0.982. The number of alkyl carbamates (subject to hydrolysis) is 1. The third-order valence-electron chi connectivity index (χ3n) is 1.69. The summed E-state index contributed by atoms with van der Waals surface area (Å²) >= 11 is 0. The molecule has 5 nitrogen and oxygen atoms in total. The quantitative estimate of drug-likeness (QED) is 0.684. The zero-order valence-corrected chi connectivity index (χ0v) is 10.0. The van der Waals surface area contributed by atoms with Crippen LogP contribution in [0.4, 0.5) is 4.79 Å². The van der Waals surface area contributed by atoms with Crippen LogP contribution in [0.5, 0.6) is 0 Å². The first-order valence-corrected chi connectivity index (χ1v) is 5.13. The van der Waals surface area contributed by atoms with Gasteiger partial charge in [0.2, 0.25) is 0 Å². The van der Waals surface area contributed by atoms with Crippen LogP contribution < -0.4 is 11.2 Å². The largest absolute Gasteiger partial charge is 0.444 e. The van der Waals surface area contributed by atoms with E-state index in [0.29, 0.717) is 19.1 Å². The number of hydrogen-bond donors (Lipinski definition) is 2. The number of carbonyl (C=O) groups excluding carboxylic acids is 1. The lowest BCUT2D eigenvalue weighted by atomic mass is 10.1. The van der Waals surface area contributed by atoms with Gasteiger partial charge in [-0.05, 0) is 33.1 Å². The molecule has 0 fully saturated rings. The molecule has 0 rings (SSSR count). The van der Waals surface area contributed by atoms with Crippen LogP contribution >= 0.6 is 0 Å². The third kappa shape index (κ3) is 9.49. The number of carbonyl (C=O) groups is 1. The zero-order chi connectivity index (χ0) is 11.9. The lowest BCUT2D eigenvalue weighted by molar-refractivity contribution is 0.0518. The Labute approximate surface area is 91.3 Å². The van der Waals surface area contributed by atoms with Crippen molar-refractivity contribution in [1.29, 1.82) is 0 Å². The SMILES string of the molecule is CC(CCNC(=O)OC(C)(C)C)CON. The number of ether oxygens (including phenoxy) is 1. The minimum atomic E-state index is -0.448. The van der Waals surface area contributed by atoms with Crippen LogP contribution in [0, 0.1) is 5.92 Å². The Morgan fingerprint density at radius 3 is 2.53 bits per heavy atom. The highest BCUT2D eigenvalue weighted by molar-refractivity contribution is 5.67. The van der Waals surface area contributed by atoms with Gasteiger partial charge in [0, 0.05) is 6.54 Å². The standard InChI is InChI=1S/C10H22N2O3/c1-8(7-14-11)5-6-12-9(13)15-10(2,3)4/h8H,5-7,11H2,1-4H3,(H,12,13). The molecule has 0 bridgehead atoms. The topological polar surface area (TPSA) is 73.6 Å². The molecule has 0 saturated carbocycles. The van der Waals surface area contributed by atoms with Crippen molar-refractivity contribution >= 4 is 6.09 Å². The average molecular weight is 218 g/mol. The van der Waals surface area contributed by atoms with Crippen molar-refractivity contribution in [2.45, 2.75) is 39.7 Å². The Balaban J connectivity index is 3.55. The van der Waals surface area contributed by atoms with Gasteiger partial charge in [-0.2, -0.15) is 0 Å². The van der Waals surface area contributed by atoms with Crippen LogP contribution in [-0.4, -0.2) is 24.8 Å². The summed E-state index contributed by atoms with van der Waals surface area (Å²) in [5.74, 6) is 5.26. The molecule has 0 saturated heterocycles. The fraction of sp³-hybridized carbons (Fsp3) is 0.900. The van der Waals surface area contributed by atoms with E-state index in [2.05, 4.69) is 10.2 Å². The molecule has 0 aromatic rings. The van der Waals surface area contributed by atoms with Crippen LogP contribution in [0.25, 0.3) is 0 Å². The van der Waals surface area contributed by atoms with Crippen molar-refractivity contribution in [1.82, 2.24) is 5.32 Å². The van der Waals surface area contributed by atoms with Crippen molar-refractivity contribution in [3.63, 3.8) is 0 Å². The lowest BCUT2D eigenvalue weighted by Gasteiger charge is -2.20. The molecule has 0 aromatic heterocycles. The normalized spacial score (nSPS) is 13.4. The Morgan fingerprint density at radius 2 is 2.07 bits per heavy atom. The first-order valence-electron chi connectivity index (χ1n) is 5.13. The van der Waals surface area contributed by atoms with Gasteiger partial charge in [-0.25, -0.2) is 10.7 Å². The summed E-state index contributed by atoms with van der Waals surface area (Å²) < 4.78 is 5.07. The predicted octanol–water partition coefficient (Wildman–Crippen LogP) is 1.43. The fourth-order valence-corrected chi connectivity index (χ4v) is 0.982. The minimum Gasteiger partial charge on any atom is -0.444 e. The van der Waals surface area contributed by atoms with Crippen molar-refractivity contribution < 1.29 is 14.4 Å². The molecule has 5 heteroatoms. The van der Waals surface area contributed by atoms with Crippen molar-refractivity contribution in [2.75, 3.05) is 13.2 Å². The molecule has 0 aliphatic heterocycles. The number of rotatable bonds is 5. The minimum absolute atomic E-state index is 0.324. The molecule has 0 spiro atoms. The van der Waals surface area contributed by atoms with E-state index in [1.807, 2.05) is 27.7 Å². The molecule has 0 radical (unpaired) electrons. The number of hydrogen-bond acceptors (Lipinski definition) is 4. The van der Waals surface area contributed by atoms with Gasteiger partial charge < -0.3 is 14.9 Å². The maximum Gasteiger partial charge on any atom is 0.407 e. The van der Waals surface area contributed by atoms with E-state index in [4.69, 9.17) is 10.6 Å². The van der Waals surface area contributed by atoms with E-state index in [-0.39, 0.29) is 6.09 Å². The summed E-state index contributed by atoms with van der Waals surface area (Å²) in [6.07, 6.45) is 0.430. The van der Waals surface area contributed by atoms with Crippen molar-refractivity contribution in [3.8, 4) is 0 Å². The molecule has 1 unspecified atom stereocenters. The molecule has 3 N–H and O–H groups in total. The van der Waals surface area contributed by atoms with Gasteiger partial charge in [0.25, 0.3) is 0 Å². The van der Waals surface area contributed by atoms with E-state index in [1.54, 1.807) is 0 Å². The second-order valence-electron chi connectivity index (χ2n) is 4.66. The Bertz CT molecular complexity index is 190. The van der Waals surface area contributed by atoms with Gasteiger partial charge in [-0.3, -0.25) is 0 Å². The van der Waals surface area contributed by atoms with Crippen LogP contribution in [0.15, 0.2) is 0 Å². The summed E-state index contributed by atoms with van der Waals surface area (Å²) in [7, 11) is 0. The monoisotopic (exact) mass is 218 g/mol. The van der Waals surface area contributed by atoms with Gasteiger partial charge in [0.05, 0.1) is 6.61 Å². The molecular formula is C10H22N2O3. The highest BCUT2D eigenvalue weighted by atomic mass is 16.6. The molecular weight excluding hydrogens is 196 g/mol. The summed E-state index contributed by atoms with van der Waals surface area (Å²) in [6.45, 7) is 8.56. The summed E-state index contributed by atoms with van der Waals surface area (Å²) in [6, 6.07) is 0. The Morgan fingerprint density at radius 1 is 1.47 bits per heavy atom. The predicted molar refractivity (Wildman–Crippen MR) is 58.2 cm³/mol. The van der Waals surface area contributed by atoms with E-state index >= 15 is 0 Å². The number of nitrogens with one attached hydrogen (secondary N) is 1. The van der Waals surface area contributed by atoms with Crippen LogP contribution in [-0.2, 0) is 9.57 Å². The van der Waals surface area contributed by atoms with Crippen LogP contribution in [0.3, 0.4) is 0 Å². The third-order valence-corrected chi connectivity index (χ3v) is 1.69. The summed E-state index contributed by atoms with van der Waals surface area (Å²) in [4.78, 5) is 15.7. The Kier molecular flexibility index (Phi) is 6.27. The molecule has 0 aromatic carbocycles. The van der Waals surface area contributed by atoms with E-state index in [1.165, 1.54) is 0 Å². The molecule has 1 amide bonds. The van der Waals surface area contributed by atoms with Crippen LogP contribution in [0.1, 0.15) is 34.1 Å². The smallest absolute Gasteiger partial charge is 0.407 e. The molecule has 0 aliphatic carbocycles. The number of nitrogens with two attached hydrogens (primary N) is 1. The first kappa shape index (κ1) is 14.2. The average Bonchev–Trinajstić information content (AvgIpc) is 2.00. The molecule has 1 atom stereocenters. The van der Waals surface area contributed by atoms with Crippen molar-refractivity contribution in [2.24, 2.45) is 11.8 Å². The second kappa shape index (κ2) is 6.63. The highest BCUT2D eigenvalue weighted by Crippen LogP contribution is 2.06. The first-order chi connectivity index (χ1) is 6.85. The van der Waals surface area contributed by atoms with Gasteiger partial charge >= 0.3 is 6.09 Å². The molecule has 0 aliphatic rings. The highest BCUT2D eigenvalue weighted by Gasteiger charge is 2.15. The maximum absolute atomic E-state index is 11.2. The molecule has 0 heterocycles. The lowest BCUT2D eigenvalue weighted by Crippen LogP contribution is -2.33.